The van der Waals surface area contributed by atoms with Gasteiger partial charge in [0.05, 0.1) is 24.5 Å². The number of pyridine rings is 1. The number of urea groups is 1. The Hall–Kier alpha value is -4.02. The second-order valence-electron chi connectivity index (χ2n) is 7.78. The van der Waals surface area contributed by atoms with Crippen LogP contribution in [0.2, 0.25) is 0 Å². The molecular weight excluding hydrogens is 410 g/mol. The second kappa shape index (κ2) is 8.61. The van der Waals surface area contributed by atoms with Crippen molar-refractivity contribution in [1.29, 1.82) is 0 Å². The van der Waals surface area contributed by atoms with E-state index in [0.29, 0.717) is 11.7 Å². The molecule has 4 heterocycles. The summed E-state index contributed by atoms with van der Waals surface area (Å²) >= 11 is 0. The predicted molar refractivity (Wildman–Crippen MR) is 124 cm³/mol. The number of anilines is 2. The molecule has 5 N–H and O–H groups in total. The highest BCUT2D eigenvalue weighted by molar-refractivity contribution is 6.20. The number of allylic oxidation sites excluding steroid dienone is 1. The van der Waals surface area contributed by atoms with E-state index in [1.54, 1.807) is 18.0 Å². The zero-order valence-corrected chi connectivity index (χ0v) is 18.6. The molecule has 4 rings (SSSR count). The minimum atomic E-state index is -0.409. The SMILES string of the molecule is COc1nn(C)cc1NC1N=C(c2c[nH]c3c(NC(=O)NC(C)C)nccc23)C(C)=CN1. The molecule has 3 aromatic heterocycles. The van der Waals surface area contributed by atoms with Crippen LogP contribution in [0.5, 0.6) is 5.88 Å². The van der Waals surface area contributed by atoms with Crippen molar-refractivity contribution in [1.82, 2.24) is 30.4 Å². The van der Waals surface area contributed by atoms with Gasteiger partial charge in [0.15, 0.2) is 12.1 Å². The zero-order chi connectivity index (χ0) is 22.8. The van der Waals surface area contributed by atoms with Crippen LogP contribution in [0, 0.1) is 0 Å². The first-order valence-electron chi connectivity index (χ1n) is 10.2. The van der Waals surface area contributed by atoms with Crippen LogP contribution in [-0.2, 0) is 7.05 Å². The van der Waals surface area contributed by atoms with E-state index in [0.717, 1.165) is 33.4 Å². The first-order chi connectivity index (χ1) is 15.4. The number of methoxy groups -OCH3 is 1. The Morgan fingerprint density at radius 3 is 2.91 bits per heavy atom. The zero-order valence-electron chi connectivity index (χ0n) is 18.6. The van der Waals surface area contributed by atoms with E-state index in [-0.39, 0.29) is 12.1 Å². The highest BCUT2D eigenvalue weighted by Gasteiger charge is 2.21. The third-order valence-electron chi connectivity index (χ3n) is 4.88. The largest absolute Gasteiger partial charge is 0.478 e. The maximum atomic E-state index is 12.2. The Balaban J connectivity index is 1.64. The molecule has 1 unspecified atom stereocenters. The molecule has 11 heteroatoms. The van der Waals surface area contributed by atoms with Gasteiger partial charge in [0, 0.05) is 42.6 Å². The number of H-pyrrole nitrogens is 1. The van der Waals surface area contributed by atoms with E-state index in [4.69, 9.17) is 9.73 Å². The predicted octanol–water partition coefficient (Wildman–Crippen LogP) is 2.53. The lowest BCUT2D eigenvalue weighted by Gasteiger charge is -2.22. The molecule has 0 spiro atoms. The number of hydrogen-bond donors (Lipinski definition) is 5. The fourth-order valence-corrected chi connectivity index (χ4v) is 3.51. The molecule has 0 fully saturated rings. The van der Waals surface area contributed by atoms with Crippen LogP contribution in [0.3, 0.4) is 0 Å². The van der Waals surface area contributed by atoms with Crippen LogP contribution in [0.1, 0.15) is 26.3 Å². The standard InChI is InChI=1S/C21H27N9O2/c1-11(2)25-21(31)28-18-17-13(6-7-22-18)14(9-23-17)16-12(3)8-24-20(27-16)26-15-10-30(4)29-19(15)32-5/h6-11,20,23-24,26H,1-5H3,(H2,22,25,28,31). The summed E-state index contributed by atoms with van der Waals surface area (Å²) in [6.45, 7) is 5.79. The number of carbonyl (C=O) groups excluding carboxylic acids is 1. The van der Waals surface area contributed by atoms with Crippen LogP contribution in [0.15, 0.2) is 41.4 Å². The number of fused-ring (bicyclic) bond motifs is 1. The first-order valence-corrected chi connectivity index (χ1v) is 10.2. The molecule has 0 aliphatic carbocycles. The van der Waals surface area contributed by atoms with Crippen LogP contribution in [-0.4, -0.2) is 50.9 Å². The number of amides is 2. The fraction of sp³-hybridized carbons (Fsp3) is 0.333. The van der Waals surface area contributed by atoms with Gasteiger partial charge in [-0.25, -0.2) is 14.8 Å². The second-order valence-corrected chi connectivity index (χ2v) is 7.78. The third kappa shape index (κ3) is 4.22. The summed E-state index contributed by atoms with van der Waals surface area (Å²) in [5.74, 6) is 0.948. The van der Waals surface area contributed by atoms with Crippen molar-refractivity contribution in [2.24, 2.45) is 12.0 Å². The van der Waals surface area contributed by atoms with Gasteiger partial charge in [0.1, 0.15) is 5.69 Å². The van der Waals surface area contributed by atoms with Gasteiger partial charge in [0.25, 0.3) is 5.88 Å². The van der Waals surface area contributed by atoms with Crippen LogP contribution >= 0.6 is 0 Å². The summed E-state index contributed by atoms with van der Waals surface area (Å²) in [5, 5.41) is 17.3. The van der Waals surface area contributed by atoms with E-state index >= 15 is 0 Å². The number of nitrogens with zero attached hydrogens (tertiary/aromatic N) is 4. The van der Waals surface area contributed by atoms with Gasteiger partial charge in [0.2, 0.25) is 0 Å². The highest BCUT2D eigenvalue weighted by atomic mass is 16.5. The van der Waals surface area contributed by atoms with Crippen molar-refractivity contribution in [2.75, 3.05) is 17.7 Å². The Bertz CT molecular complexity index is 1210. The molecule has 0 radical (unpaired) electrons. The average molecular weight is 438 g/mol. The first kappa shape index (κ1) is 21.2. The lowest BCUT2D eigenvalue weighted by Crippen LogP contribution is -2.35. The molecule has 1 aliphatic rings. The normalized spacial score (nSPS) is 15.8. The summed E-state index contributed by atoms with van der Waals surface area (Å²) < 4.78 is 6.99. The Kier molecular flexibility index (Phi) is 5.71. The van der Waals surface area contributed by atoms with E-state index in [9.17, 15) is 4.79 Å². The molecule has 11 nitrogen and oxygen atoms in total. The number of rotatable bonds is 6. The highest BCUT2D eigenvalue weighted by Crippen LogP contribution is 2.28. The molecule has 2 amide bonds. The molecule has 0 saturated carbocycles. The van der Waals surface area contributed by atoms with E-state index < -0.39 is 6.29 Å². The number of carbonyl (C=O) groups is 1. The van der Waals surface area contributed by atoms with Gasteiger partial charge in [-0.2, -0.15) is 0 Å². The van der Waals surface area contributed by atoms with Gasteiger partial charge in [-0.1, -0.05) is 0 Å². The molecule has 1 atom stereocenters. The van der Waals surface area contributed by atoms with Gasteiger partial charge < -0.3 is 25.7 Å². The topological polar surface area (TPSA) is 133 Å². The number of aliphatic imine (C=N–C) groups is 1. The third-order valence-corrected chi connectivity index (χ3v) is 4.88. The van der Waals surface area contributed by atoms with Gasteiger partial charge >= 0.3 is 6.03 Å². The Labute approximate surface area is 185 Å². The fourth-order valence-electron chi connectivity index (χ4n) is 3.51. The summed E-state index contributed by atoms with van der Waals surface area (Å²) in [6.07, 6.45) is 6.88. The van der Waals surface area contributed by atoms with Crippen molar-refractivity contribution < 1.29 is 9.53 Å². The van der Waals surface area contributed by atoms with Crippen molar-refractivity contribution >= 4 is 34.2 Å². The molecule has 0 aromatic carbocycles. The quantitative estimate of drug-likeness (QED) is 0.402. The van der Waals surface area contributed by atoms with Crippen LogP contribution < -0.4 is 26.0 Å². The minimum Gasteiger partial charge on any atom is -0.478 e. The minimum absolute atomic E-state index is 0.0214. The molecule has 168 valence electrons. The van der Waals surface area contributed by atoms with Crippen molar-refractivity contribution in [3.8, 4) is 5.88 Å². The number of ether oxygens (including phenoxy) is 1. The van der Waals surface area contributed by atoms with Crippen LogP contribution in [0.25, 0.3) is 10.9 Å². The molecule has 32 heavy (non-hydrogen) atoms. The number of aromatic nitrogens is 4. The van der Waals surface area contributed by atoms with Crippen molar-refractivity contribution in [3.05, 3.63) is 42.0 Å². The van der Waals surface area contributed by atoms with E-state index in [2.05, 4.69) is 36.3 Å². The van der Waals surface area contributed by atoms with Gasteiger partial charge in [-0.3, -0.25) is 10.00 Å². The van der Waals surface area contributed by atoms with Crippen LogP contribution in [0.4, 0.5) is 16.3 Å². The van der Waals surface area contributed by atoms with Gasteiger partial charge in [-0.15, -0.1) is 5.10 Å². The summed E-state index contributed by atoms with van der Waals surface area (Å²) in [5.41, 5.74) is 4.17. The monoisotopic (exact) mass is 437 g/mol. The summed E-state index contributed by atoms with van der Waals surface area (Å²) in [6, 6.07) is 1.62. The summed E-state index contributed by atoms with van der Waals surface area (Å²) in [4.78, 5) is 24.6. The number of hydrogen-bond acceptors (Lipinski definition) is 7. The Morgan fingerprint density at radius 2 is 2.16 bits per heavy atom. The average Bonchev–Trinajstić information content (AvgIpc) is 3.32. The van der Waals surface area contributed by atoms with E-state index in [1.807, 2.05) is 52.5 Å². The molecule has 3 aromatic rings. The Morgan fingerprint density at radius 1 is 1.34 bits per heavy atom. The molecule has 0 bridgehead atoms. The molecule has 0 saturated heterocycles. The lowest BCUT2D eigenvalue weighted by atomic mass is 10.0. The number of aromatic amines is 1. The van der Waals surface area contributed by atoms with Crippen molar-refractivity contribution in [3.63, 3.8) is 0 Å². The van der Waals surface area contributed by atoms with Gasteiger partial charge in [-0.05, 0) is 32.4 Å². The maximum Gasteiger partial charge on any atom is 0.320 e. The summed E-state index contributed by atoms with van der Waals surface area (Å²) in [7, 11) is 3.40. The molecule has 1 aliphatic heterocycles. The van der Waals surface area contributed by atoms with E-state index in [1.165, 1.54) is 0 Å². The smallest absolute Gasteiger partial charge is 0.320 e. The maximum absolute atomic E-state index is 12.2. The lowest BCUT2D eigenvalue weighted by molar-refractivity contribution is 0.250. The number of aryl methyl sites for hydroxylation is 1. The number of nitrogens with one attached hydrogen (secondary N) is 5. The van der Waals surface area contributed by atoms with Crippen molar-refractivity contribution in [2.45, 2.75) is 33.1 Å². The molecular formula is C21H27N9O2.